The molecule has 2 aromatic carbocycles. The van der Waals surface area contributed by atoms with Crippen LogP contribution in [0.1, 0.15) is 5.56 Å². The summed E-state index contributed by atoms with van der Waals surface area (Å²) in [6, 6.07) is 17.6. The van der Waals surface area contributed by atoms with Gasteiger partial charge in [0, 0.05) is 37.6 Å². The number of carbonyl (C=O) groups is 1. The lowest BCUT2D eigenvalue weighted by molar-refractivity contribution is -0.115. The predicted octanol–water partition coefficient (Wildman–Crippen LogP) is 2.61. The maximum absolute atomic E-state index is 12.1. The van der Waals surface area contributed by atoms with E-state index in [4.69, 9.17) is 4.74 Å². The Labute approximate surface area is 149 Å². The Kier molecular flexibility index (Phi) is 6.42. The van der Waals surface area contributed by atoms with Gasteiger partial charge < -0.3 is 15.4 Å². The first kappa shape index (κ1) is 17.5. The van der Waals surface area contributed by atoms with E-state index in [-0.39, 0.29) is 5.91 Å². The Bertz CT molecular complexity index is 652. The molecule has 1 saturated heterocycles. The molecule has 0 radical (unpaired) electrons. The van der Waals surface area contributed by atoms with Gasteiger partial charge in [0.1, 0.15) is 0 Å². The molecule has 0 aromatic heterocycles. The number of ether oxygens (including phenoxy) is 1. The van der Waals surface area contributed by atoms with E-state index in [2.05, 4.69) is 15.5 Å². The Balaban J connectivity index is 1.41. The fourth-order valence-electron chi connectivity index (χ4n) is 2.84. The van der Waals surface area contributed by atoms with Crippen LogP contribution in [0.2, 0.25) is 0 Å². The third kappa shape index (κ3) is 5.89. The highest BCUT2D eigenvalue weighted by Gasteiger charge is 2.09. The topological polar surface area (TPSA) is 53.6 Å². The smallest absolute Gasteiger partial charge is 0.228 e. The number of morpholine rings is 1. The number of rotatable bonds is 7. The van der Waals surface area contributed by atoms with Gasteiger partial charge in [-0.3, -0.25) is 9.69 Å². The van der Waals surface area contributed by atoms with Crippen LogP contribution >= 0.6 is 0 Å². The van der Waals surface area contributed by atoms with Gasteiger partial charge in [0.05, 0.1) is 19.6 Å². The molecule has 2 aromatic rings. The highest BCUT2D eigenvalue weighted by Crippen LogP contribution is 2.14. The van der Waals surface area contributed by atoms with Crippen LogP contribution in [0.4, 0.5) is 11.4 Å². The van der Waals surface area contributed by atoms with Crippen molar-refractivity contribution in [2.75, 3.05) is 50.0 Å². The third-order valence-corrected chi connectivity index (χ3v) is 4.24. The number of hydrogen-bond donors (Lipinski definition) is 2. The van der Waals surface area contributed by atoms with Crippen molar-refractivity contribution in [3.63, 3.8) is 0 Å². The van der Waals surface area contributed by atoms with Gasteiger partial charge in [0.2, 0.25) is 5.91 Å². The number of benzene rings is 2. The number of anilines is 2. The van der Waals surface area contributed by atoms with Gasteiger partial charge in [0.15, 0.2) is 0 Å². The molecule has 0 aliphatic carbocycles. The predicted molar refractivity (Wildman–Crippen MR) is 101 cm³/mol. The molecule has 1 aliphatic rings. The summed E-state index contributed by atoms with van der Waals surface area (Å²) in [7, 11) is 0. The van der Waals surface area contributed by atoms with Crippen LogP contribution in [0.25, 0.3) is 0 Å². The van der Waals surface area contributed by atoms with Crippen LogP contribution in [0.5, 0.6) is 0 Å². The Hall–Kier alpha value is -2.37. The maximum Gasteiger partial charge on any atom is 0.228 e. The average molecular weight is 339 g/mol. The third-order valence-electron chi connectivity index (χ3n) is 4.24. The quantitative estimate of drug-likeness (QED) is 0.814. The van der Waals surface area contributed by atoms with Gasteiger partial charge in [-0.25, -0.2) is 0 Å². The lowest BCUT2D eigenvalue weighted by atomic mass is 10.1. The van der Waals surface area contributed by atoms with Gasteiger partial charge in [0.25, 0.3) is 0 Å². The van der Waals surface area contributed by atoms with E-state index in [9.17, 15) is 4.79 Å². The molecule has 5 nitrogen and oxygen atoms in total. The van der Waals surface area contributed by atoms with E-state index < -0.39 is 0 Å². The molecule has 1 fully saturated rings. The molecule has 0 atom stereocenters. The SMILES string of the molecule is O=C(Cc1ccccc1)Nc1ccc(NCCN2CCOCC2)cc1. The number of hydrogen-bond acceptors (Lipinski definition) is 4. The molecule has 5 heteroatoms. The second-order valence-electron chi connectivity index (χ2n) is 6.17. The van der Waals surface area contributed by atoms with E-state index in [1.165, 1.54) is 0 Å². The summed E-state index contributed by atoms with van der Waals surface area (Å²) in [5, 5.41) is 6.35. The molecular formula is C20H25N3O2. The van der Waals surface area contributed by atoms with Crippen LogP contribution in [0, 0.1) is 0 Å². The zero-order valence-corrected chi connectivity index (χ0v) is 14.4. The zero-order chi connectivity index (χ0) is 17.3. The van der Waals surface area contributed by atoms with Crippen molar-refractivity contribution in [1.82, 2.24) is 4.90 Å². The Morgan fingerprint density at radius 2 is 1.64 bits per heavy atom. The Morgan fingerprint density at radius 1 is 0.960 bits per heavy atom. The molecular weight excluding hydrogens is 314 g/mol. The summed E-state index contributed by atoms with van der Waals surface area (Å²) in [6.45, 7) is 5.59. The van der Waals surface area contributed by atoms with E-state index in [1.807, 2.05) is 54.6 Å². The standard InChI is InChI=1S/C20H25N3O2/c24-20(16-17-4-2-1-3-5-17)22-19-8-6-18(7-9-19)21-10-11-23-12-14-25-15-13-23/h1-9,21H,10-16H2,(H,22,24). The molecule has 2 N–H and O–H groups in total. The van der Waals surface area contributed by atoms with Crippen molar-refractivity contribution in [2.24, 2.45) is 0 Å². The normalized spacial score (nSPS) is 14.9. The first-order chi connectivity index (χ1) is 12.3. The molecule has 3 rings (SSSR count). The van der Waals surface area contributed by atoms with Crippen LogP contribution in [0.3, 0.4) is 0 Å². The molecule has 1 heterocycles. The van der Waals surface area contributed by atoms with E-state index in [0.717, 1.165) is 56.3 Å². The summed E-state index contributed by atoms with van der Waals surface area (Å²) >= 11 is 0. The van der Waals surface area contributed by atoms with E-state index >= 15 is 0 Å². The first-order valence-electron chi connectivity index (χ1n) is 8.77. The molecule has 1 aliphatic heterocycles. The van der Waals surface area contributed by atoms with E-state index in [1.54, 1.807) is 0 Å². The fraction of sp³-hybridized carbons (Fsp3) is 0.350. The lowest BCUT2D eigenvalue weighted by Gasteiger charge is -2.26. The van der Waals surface area contributed by atoms with Gasteiger partial charge in [-0.1, -0.05) is 30.3 Å². The highest BCUT2D eigenvalue weighted by atomic mass is 16.5. The van der Waals surface area contributed by atoms with Crippen molar-refractivity contribution in [3.05, 3.63) is 60.2 Å². The molecule has 132 valence electrons. The monoisotopic (exact) mass is 339 g/mol. The molecule has 0 unspecified atom stereocenters. The van der Waals surface area contributed by atoms with Crippen LogP contribution < -0.4 is 10.6 Å². The van der Waals surface area contributed by atoms with Gasteiger partial charge in [-0.2, -0.15) is 0 Å². The fourth-order valence-corrected chi connectivity index (χ4v) is 2.84. The van der Waals surface area contributed by atoms with Crippen LogP contribution in [0.15, 0.2) is 54.6 Å². The minimum absolute atomic E-state index is 0.000716. The van der Waals surface area contributed by atoms with Crippen LogP contribution in [-0.4, -0.2) is 50.2 Å². The molecule has 0 saturated carbocycles. The number of nitrogens with one attached hydrogen (secondary N) is 2. The van der Waals surface area contributed by atoms with Crippen molar-refractivity contribution < 1.29 is 9.53 Å². The van der Waals surface area contributed by atoms with Crippen molar-refractivity contribution in [2.45, 2.75) is 6.42 Å². The van der Waals surface area contributed by atoms with Crippen molar-refractivity contribution >= 4 is 17.3 Å². The van der Waals surface area contributed by atoms with Crippen molar-refractivity contribution in [1.29, 1.82) is 0 Å². The van der Waals surface area contributed by atoms with Gasteiger partial charge >= 0.3 is 0 Å². The minimum Gasteiger partial charge on any atom is -0.384 e. The highest BCUT2D eigenvalue weighted by molar-refractivity contribution is 5.92. The second kappa shape index (κ2) is 9.20. The van der Waals surface area contributed by atoms with Gasteiger partial charge in [-0.05, 0) is 29.8 Å². The number of nitrogens with zero attached hydrogens (tertiary/aromatic N) is 1. The maximum atomic E-state index is 12.1. The first-order valence-corrected chi connectivity index (χ1v) is 8.77. The molecule has 0 spiro atoms. The number of carbonyl (C=O) groups excluding carboxylic acids is 1. The molecule has 1 amide bonds. The largest absolute Gasteiger partial charge is 0.384 e. The summed E-state index contributed by atoms with van der Waals surface area (Å²) < 4.78 is 5.35. The zero-order valence-electron chi connectivity index (χ0n) is 14.4. The Morgan fingerprint density at radius 3 is 2.36 bits per heavy atom. The molecule has 0 bridgehead atoms. The van der Waals surface area contributed by atoms with Gasteiger partial charge in [-0.15, -0.1) is 0 Å². The number of amides is 1. The summed E-state index contributed by atoms with van der Waals surface area (Å²) in [5.41, 5.74) is 2.90. The summed E-state index contributed by atoms with van der Waals surface area (Å²) in [6.07, 6.45) is 0.389. The average Bonchev–Trinajstić information content (AvgIpc) is 2.65. The van der Waals surface area contributed by atoms with Crippen LogP contribution in [-0.2, 0) is 16.0 Å². The molecule has 25 heavy (non-hydrogen) atoms. The second-order valence-corrected chi connectivity index (χ2v) is 6.17. The minimum atomic E-state index is -0.000716. The lowest BCUT2D eigenvalue weighted by Crippen LogP contribution is -2.38. The van der Waals surface area contributed by atoms with Crippen molar-refractivity contribution in [3.8, 4) is 0 Å². The summed E-state index contributed by atoms with van der Waals surface area (Å²) in [5.74, 6) is -0.000716. The summed E-state index contributed by atoms with van der Waals surface area (Å²) in [4.78, 5) is 14.5. The van der Waals surface area contributed by atoms with E-state index in [0.29, 0.717) is 6.42 Å².